The lowest BCUT2D eigenvalue weighted by Crippen LogP contribution is -2.27. The van der Waals surface area contributed by atoms with E-state index in [2.05, 4.69) is 346 Å². The van der Waals surface area contributed by atoms with Crippen molar-refractivity contribution in [3.05, 3.63) is 323 Å². The van der Waals surface area contributed by atoms with Gasteiger partial charge in [0.25, 0.3) is 0 Å². The molecular weight excluding hydrogens is 1070 g/mol. The van der Waals surface area contributed by atoms with Crippen LogP contribution in [0.25, 0.3) is 66.8 Å². The minimum atomic E-state index is -0.597. The molecule has 0 heterocycles. The smallest absolute Gasteiger partial charge is 0.0726 e. The molecular formula is C87H74N2. The predicted octanol–water partition coefficient (Wildman–Crippen LogP) is 23.5. The van der Waals surface area contributed by atoms with Crippen LogP contribution in [0.4, 0.5) is 34.1 Å². The van der Waals surface area contributed by atoms with E-state index in [0.717, 1.165) is 34.1 Å². The lowest BCUT2D eigenvalue weighted by molar-refractivity contribution is 0.586. The molecule has 4 aliphatic rings. The first-order valence-corrected chi connectivity index (χ1v) is 31.9. The van der Waals surface area contributed by atoms with Crippen molar-refractivity contribution >= 4 is 34.1 Å². The van der Waals surface area contributed by atoms with Crippen LogP contribution in [-0.2, 0) is 27.1 Å². The summed E-state index contributed by atoms with van der Waals surface area (Å²) in [6.07, 6.45) is 0. The zero-order valence-electron chi connectivity index (χ0n) is 52.8. The van der Waals surface area contributed by atoms with Gasteiger partial charge >= 0.3 is 0 Å². The molecule has 2 heteroatoms. The number of anilines is 6. The Morgan fingerprint density at radius 1 is 0.236 bits per heavy atom. The van der Waals surface area contributed by atoms with E-state index in [-0.39, 0.29) is 21.7 Å². The Morgan fingerprint density at radius 2 is 0.584 bits per heavy atom. The minimum Gasteiger partial charge on any atom is -0.310 e. The first-order chi connectivity index (χ1) is 42.9. The predicted molar refractivity (Wildman–Crippen MR) is 376 cm³/mol. The summed E-state index contributed by atoms with van der Waals surface area (Å²) < 4.78 is 0. The summed E-state index contributed by atoms with van der Waals surface area (Å²) in [7, 11) is 0. The first kappa shape index (κ1) is 54.6. The Morgan fingerprint density at radius 3 is 1.07 bits per heavy atom. The lowest BCUT2D eigenvalue weighted by atomic mass is 9.68. The van der Waals surface area contributed by atoms with Crippen LogP contribution in [0.1, 0.15) is 125 Å². The monoisotopic (exact) mass is 1150 g/mol. The molecule has 0 aromatic heterocycles. The normalized spacial score (nSPS) is 14.7. The van der Waals surface area contributed by atoms with Gasteiger partial charge in [-0.25, -0.2) is 0 Å². The summed E-state index contributed by atoms with van der Waals surface area (Å²) in [4.78, 5) is 4.85. The van der Waals surface area contributed by atoms with Gasteiger partial charge in [0.2, 0.25) is 0 Å². The molecule has 0 saturated heterocycles. The van der Waals surface area contributed by atoms with Gasteiger partial charge in [0.1, 0.15) is 0 Å². The number of rotatable bonds is 8. The van der Waals surface area contributed by atoms with Gasteiger partial charge in [0, 0.05) is 45.0 Å². The molecule has 0 unspecified atom stereocenters. The maximum atomic E-state index is 2.57. The van der Waals surface area contributed by atoms with Crippen molar-refractivity contribution in [3.63, 3.8) is 0 Å². The summed E-state index contributed by atoms with van der Waals surface area (Å²) >= 11 is 0. The van der Waals surface area contributed by atoms with Gasteiger partial charge < -0.3 is 9.80 Å². The molecule has 0 fully saturated rings. The fraction of sp³-hybridized carbons (Fsp3) is 0.172. The number of para-hydroxylation sites is 2. The van der Waals surface area contributed by atoms with Gasteiger partial charge in [-0.05, 0) is 212 Å². The van der Waals surface area contributed by atoms with E-state index in [4.69, 9.17) is 0 Å². The molecule has 0 amide bonds. The summed E-state index contributed by atoms with van der Waals surface area (Å²) in [6.45, 7) is 23.6. The molecule has 0 N–H and O–H groups in total. The Kier molecular flexibility index (Phi) is 12.0. The van der Waals surface area contributed by atoms with Crippen LogP contribution in [0, 0.1) is 0 Å². The van der Waals surface area contributed by atoms with Crippen LogP contribution in [0.3, 0.4) is 0 Å². The van der Waals surface area contributed by atoms with Crippen LogP contribution in [0.2, 0.25) is 0 Å². The molecule has 89 heavy (non-hydrogen) atoms. The van der Waals surface area contributed by atoms with Gasteiger partial charge in [-0.3, -0.25) is 0 Å². The van der Waals surface area contributed by atoms with E-state index in [9.17, 15) is 0 Å². The average molecular weight is 1150 g/mol. The average Bonchev–Trinajstić information content (AvgIpc) is 1.51. The fourth-order valence-electron chi connectivity index (χ4n) is 15.9. The molecule has 1 spiro atoms. The van der Waals surface area contributed by atoms with Crippen LogP contribution < -0.4 is 9.80 Å². The first-order valence-electron chi connectivity index (χ1n) is 31.9. The second-order valence-electron chi connectivity index (χ2n) is 28.5. The van der Waals surface area contributed by atoms with E-state index in [1.807, 2.05) is 0 Å². The molecule has 0 aliphatic heterocycles. The largest absolute Gasteiger partial charge is 0.310 e. The molecule has 12 aromatic rings. The minimum absolute atomic E-state index is 0.0672. The zero-order chi connectivity index (χ0) is 60.9. The summed E-state index contributed by atoms with van der Waals surface area (Å²) in [5.74, 6) is 0. The summed E-state index contributed by atoms with van der Waals surface area (Å²) in [6, 6.07) is 102. The highest BCUT2D eigenvalue weighted by Crippen LogP contribution is 2.65. The second kappa shape index (κ2) is 19.6. The maximum Gasteiger partial charge on any atom is 0.0726 e. The summed E-state index contributed by atoms with van der Waals surface area (Å²) in [5.41, 5.74) is 34.7. The van der Waals surface area contributed by atoms with Crippen LogP contribution in [0.5, 0.6) is 0 Å². The molecule has 432 valence electrons. The van der Waals surface area contributed by atoms with Crippen molar-refractivity contribution in [1.82, 2.24) is 0 Å². The quantitative estimate of drug-likeness (QED) is 0.150. The lowest BCUT2D eigenvalue weighted by Gasteiger charge is -2.33. The second-order valence-corrected chi connectivity index (χ2v) is 28.5. The van der Waals surface area contributed by atoms with E-state index < -0.39 is 5.41 Å². The van der Waals surface area contributed by atoms with Crippen molar-refractivity contribution in [2.45, 2.75) is 96.3 Å². The van der Waals surface area contributed by atoms with Crippen molar-refractivity contribution < 1.29 is 0 Å². The van der Waals surface area contributed by atoms with Crippen LogP contribution in [0.15, 0.2) is 267 Å². The molecule has 4 aliphatic carbocycles. The van der Waals surface area contributed by atoms with Crippen molar-refractivity contribution in [2.24, 2.45) is 0 Å². The highest BCUT2D eigenvalue weighted by molar-refractivity contribution is 6.01. The molecule has 0 saturated carbocycles. The number of nitrogens with zero attached hydrogens (tertiary/aromatic N) is 2. The molecule has 0 atom stereocenters. The van der Waals surface area contributed by atoms with E-state index in [1.165, 1.54) is 122 Å². The SMILES string of the molecule is CC(C)(C)c1ccc2c(c1)C1(c3cc(C(C)(C)C)ccc3-2)c2cc(-c3ccc(N(c4ccccc4)c4ccc5c(c4)C(C)(C)c4ccccc4-5)cc3)ccc2-c2c(-c3ccc(N(c4ccccc4)c4ccc5c(c4)C(C)(C)c4ccccc4-5)cc3)cccc21. The number of benzene rings is 12. The maximum absolute atomic E-state index is 2.57. The third-order valence-corrected chi connectivity index (χ3v) is 20.6. The third kappa shape index (κ3) is 8.22. The molecule has 16 rings (SSSR count). The highest BCUT2D eigenvalue weighted by atomic mass is 15.1. The van der Waals surface area contributed by atoms with Crippen molar-refractivity contribution in [3.8, 4) is 66.8 Å². The van der Waals surface area contributed by atoms with Gasteiger partial charge in [-0.1, -0.05) is 257 Å². The summed E-state index contributed by atoms with van der Waals surface area (Å²) in [5, 5.41) is 0. The Labute approximate surface area is 526 Å². The fourth-order valence-corrected chi connectivity index (χ4v) is 15.9. The van der Waals surface area contributed by atoms with Gasteiger partial charge in [0.15, 0.2) is 0 Å². The van der Waals surface area contributed by atoms with E-state index in [0.29, 0.717) is 0 Å². The van der Waals surface area contributed by atoms with Crippen molar-refractivity contribution in [2.75, 3.05) is 9.80 Å². The number of hydrogen-bond acceptors (Lipinski definition) is 2. The van der Waals surface area contributed by atoms with E-state index >= 15 is 0 Å². The highest BCUT2D eigenvalue weighted by Gasteiger charge is 2.53. The third-order valence-electron chi connectivity index (χ3n) is 20.6. The molecule has 0 radical (unpaired) electrons. The number of fused-ring (bicyclic) bond motifs is 16. The van der Waals surface area contributed by atoms with E-state index in [1.54, 1.807) is 0 Å². The molecule has 0 bridgehead atoms. The zero-order valence-corrected chi connectivity index (χ0v) is 52.8. The molecule has 2 nitrogen and oxygen atoms in total. The molecule has 12 aromatic carbocycles. The van der Waals surface area contributed by atoms with Crippen molar-refractivity contribution in [1.29, 1.82) is 0 Å². The van der Waals surface area contributed by atoms with Gasteiger partial charge in [-0.2, -0.15) is 0 Å². The van der Waals surface area contributed by atoms with Crippen LogP contribution in [-0.4, -0.2) is 0 Å². The standard InChI is InChI=1S/C87H74N2/c1-83(2,3)58-37-46-71-72-47-38-59(84(4,5)6)52-81(72)87(80(71)51-58)76-31-21-28-66(56-34-41-63(42-35-56)89(61-24-15-12-16-25-61)65-44-49-70-68-27-18-20-30-75(68)86(9,10)78(70)54-65)82(76)73-45-36-57(50-79(73)87)55-32-39-62(40-33-55)88(60-22-13-11-14-23-60)64-43-48-69-67-26-17-19-29-74(67)85(7,8)77(69)53-64/h11-54H,1-10H3. The Hall–Kier alpha value is -9.76. The van der Waals surface area contributed by atoms with Crippen LogP contribution >= 0.6 is 0 Å². The Balaban J connectivity index is 0.853. The topological polar surface area (TPSA) is 6.48 Å². The Bertz CT molecular complexity index is 4770. The van der Waals surface area contributed by atoms with Gasteiger partial charge in [-0.15, -0.1) is 0 Å². The van der Waals surface area contributed by atoms with Gasteiger partial charge in [0.05, 0.1) is 5.41 Å². The number of hydrogen-bond donors (Lipinski definition) is 0.